The molecule has 0 radical (unpaired) electrons. The van der Waals surface area contributed by atoms with Gasteiger partial charge in [0, 0.05) is 32.7 Å². The van der Waals surface area contributed by atoms with Crippen molar-refractivity contribution >= 4 is 16.1 Å². The molecule has 1 rings (SSSR count). The van der Waals surface area contributed by atoms with Gasteiger partial charge in [0.25, 0.3) is 0 Å². The van der Waals surface area contributed by atoms with Crippen molar-refractivity contribution in [1.82, 2.24) is 14.5 Å². The Labute approximate surface area is 96.6 Å². The Morgan fingerprint density at radius 1 is 1.44 bits per heavy atom. The molecular weight excluding hydrogens is 230 g/mol. The highest BCUT2D eigenvalue weighted by molar-refractivity contribution is 7.88. The van der Waals surface area contributed by atoms with Crippen LogP contribution in [0.3, 0.4) is 0 Å². The zero-order valence-electron chi connectivity index (χ0n) is 10.1. The van der Waals surface area contributed by atoms with Crippen molar-refractivity contribution in [3.05, 3.63) is 0 Å². The quantitative estimate of drug-likeness (QED) is 0.729. The summed E-state index contributed by atoms with van der Waals surface area (Å²) in [5, 5.41) is 0. The van der Waals surface area contributed by atoms with Gasteiger partial charge in [0.15, 0.2) is 0 Å². The van der Waals surface area contributed by atoms with Crippen molar-refractivity contribution in [2.75, 3.05) is 26.9 Å². The van der Waals surface area contributed by atoms with E-state index < -0.39 is 10.0 Å². The lowest BCUT2D eigenvalue weighted by Crippen LogP contribution is -2.47. The number of urea groups is 1. The van der Waals surface area contributed by atoms with Gasteiger partial charge in [0.05, 0.1) is 6.26 Å². The minimum atomic E-state index is -3.21. The van der Waals surface area contributed by atoms with E-state index in [9.17, 15) is 13.2 Å². The molecule has 0 aromatic rings. The number of carbonyl (C=O) groups excluding carboxylic acids is 1. The number of nitrogens with one attached hydrogen (secondary N) is 1. The second-order valence-electron chi connectivity index (χ2n) is 4.40. The molecule has 1 saturated heterocycles. The van der Waals surface area contributed by atoms with E-state index in [0.29, 0.717) is 13.0 Å². The molecule has 7 heteroatoms. The fourth-order valence-electron chi connectivity index (χ4n) is 1.90. The van der Waals surface area contributed by atoms with Crippen LogP contribution < -0.4 is 4.72 Å². The Hall–Kier alpha value is -0.820. The van der Waals surface area contributed by atoms with Gasteiger partial charge in [0.1, 0.15) is 0 Å². The third kappa shape index (κ3) is 3.08. The van der Waals surface area contributed by atoms with E-state index >= 15 is 0 Å². The van der Waals surface area contributed by atoms with Gasteiger partial charge in [-0.3, -0.25) is 0 Å². The Bertz CT molecular complexity index is 366. The van der Waals surface area contributed by atoms with Crippen LogP contribution in [0, 0.1) is 0 Å². The molecule has 1 aliphatic heterocycles. The minimum Gasteiger partial charge on any atom is -0.331 e. The lowest BCUT2D eigenvalue weighted by molar-refractivity contribution is 0.167. The van der Waals surface area contributed by atoms with Gasteiger partial charge in [-0.2, -0.15) is 0 Å². The number of likely N-dealkylation sites (tertiary alicyclic amines) is 1. The summed E-state index contributed by atoms with van der Waals surface area (Å²) < 4.78 is 24.8. The predicted octanol–water partition coefficient (Wildman–Crippen LogP) is -0.320. The first-order chi connectivity index (χ1) is 7.22. The molecule has 6 nitrogen and oxygen atoms in total. The Kier molecular flexibility index (Phi) is 3.80. The summed E-state index contributed by atoms with van der Waals surface area (Å²) in [6, 6.07) is -0.367. The van der Waals surface area contributed by atoms with E-state index in [1.165, 1.54) is 4.90 Å². The molecule has 94 valence electrons. The van der Waals surface area contributed by atoms with Gasteiger partial charge in [-0.25, -0.2) is 17.9 Å². The maximum Gasteiger partial charge on any atom is 0.319 e. The monoisotopic (exact) mass is 249 g/mol. The molecule has 2 atom stereocenters. The Morgan fingerprint density at radius 2 is 2.00 bits per heavy atom. The van der Waals surface area contributed by atoms with Crippen LogP contribution in [-0.2, 0) is 10.0 Å². The molecule has 1 fully saturated rings. The van der Waals surface area contributed by atoms with Crippen LogP contribution in [0.15, 0.2) is 0 Å². The lowest BCUT2D eigenvalue weighted by atomic mass is 10.2. The van der Waals surface area contributed by atoms with E-state index in [2.05, 4.69) is 4.72 Å². The molecule has 0 unspecified atom stereocenters. The molecule has 1 N–H and O–H groups in total. The summed E-state index contributed by atoms with van der Waals surface area (Å²) in [6.07, 6.45) is 1.80. The van der Waals surface area contributed by atoms with Crippen molar-refractivity contribution < 1.29 is 13.2 Å². The minimum absolute atomic E-state index is 0.0784. The average Bonchev–Trinajstić information content (AvgIpc) is 2.44. The highest BCUT2D eigenvalue weighted by Gasteiger charge is 2.35. The molecule has 2 amide bonds. The number of hydrogen-bond donors (Lipinski definition) is 1. The van der Waals surface area contributed by atoms with Crippen LogP contribution in [0.2, 0.25) is 0 Å². The van der Waals surface area contributed by atoms with Gasteiger partial charge in [0.2, 0.25) is 10.0 Å². The van der Waals surface area contributed by atoms with Gasteiger partial charge in [-0.1, -0.05) is 0 Å². The third-order valence-corrected chi connectivity index (χ3v) is 3.48. The van der Waals surface area contributed by atoms with Crippen LogP contribution in [0.4, 0.5) is 4.79 Å². The second kappa shape index (κ2) is 4.58. The topological polar surface area (TPSA) is 69.7 Å². The van der Waals surface area contributed by atoms with Gasteiger partial charge < -0.3 is 9.80 Å². The molecular formula is C9H19N3O3S. The Balaban J connectivity index is 2.68. The first-order valence-corrected chi connectivity index (χ1v) is 7.06. The van der Waals surface area contributed by atoms with E-state index in [1.807, 2.05) is 6.92 Å². The number of amides is 2. The molecule has 1 heterocycles. The average molecular weight is 249 g/mol. The molecule has 0 aromatic carbocycles. The molecule has 0 bridgehead atoms. The fraction of sp³-hybridized carbons (Fsp3) is 0.889. The number of sulfonamides is 1. The zero-order chi connectivity index (χ0) is 12.5. The van der Waals surface area contributed by atoms with E-state index in [-0.39, 0.29) is 18.1 Å². The summed E-state index contributed by atoms with van der Waals surface area (Å²) in [5.74, 6) is 0. The van der Waals surface area contributed by atoms with Crippen molar-refractivity contribution in [3.63, 3.8) is 0 Å². The van der Waals surface area contributed by atoms with Crippen LogP contribution >= 0.6 is 0 Å². The maximum atomic E-state index is 11.7. The second-order valence-corrected chi connectivity index (χ2v) is 6.18. The fourth-order valence-corrected chi connectivity index (χ4v) is 2.76. The largest absolute Gasteiger partial charge is 0.331 e. The van der Waals surface area contributed by atoms with E-state index in [4.69, 9.17) is 0 Å². The molecule has 16 heavy (non-hydrogen) atoms. The number of carbonyl (C=O) groups is 1. The molecule has 0 spiro atoms. The van der Waals surface area contributed by atoms with Crippen molar-refractivity contribution in [2.24, 2.45) is 0 Å². The zero-order valence-corrected chi connectivity index (χ0v) is 10.9. The summed E-state index contributed by atoms with van der Waals surface area (Å²) >= 11 is 0. The van der Waals surface area contributed by atoms with Gasteiger partial charge >= 0.3 is 6.03 Å². The van der Waals surface area contributed by atoms with Crippen LogP contribution in [0.5, 0.6) is 0 Å². The van der Waals surface area contributed by atoms with E-state index in [0.717, 1.165) is 6.26 Å². The van der Waals surface area contributed by atoms with Gasteiger partial charge in [-0.05, 0) is 13.3 Å². The van der Waals surface area contributed by atoms with Crippen molar-refractivity contribution in [1.29, 1.82) is 0 Å². The third-order valence-electron chi connectivity index (χ3n) is 2.75. The number of rotatable bonds is 2. The van der Waals surface area contributed by atoms with Crippen LogP contribution in [-0.4, -0.2) is 63.2 Å². The summed E-state index contributed by atoms with van der Waals surface area (Å²) in [5.41, 5.74) is 0. The van der Waals surface area contributed by atoms with Crippen LogP contribution in [0.1, 0.15) is 13.3 Å². The summed E-state index contributed by atoms with van der Waals surface area (Å²) in [6.45, 7) is 2.45. The van der Waals surface area contributed by atoms with Crippen LogP contribution in [0.25, 0.3) is 0 Å². The first kappa shape index (κ1) is 13.2. The SMILES string of the molecule is C[C@H]1[C@@H](NS(C)(=O)=O)CCN1C(=O)N(C)C. The summed E-state index contributed by atoms with van der Waals surface area (Å²) in [4.78, 5) is 14.9. The lowest BCUT2D eigenvalue weighted by Gasteiger charge is -2.27. The standard InChI is InChI=1S/C9H19N3O3S/c1-7-8(10-16(4,14)15)5-6-12(7)9(13)11(2)3/h7-8,10H,5-6H2,1-4H3/t7-,8-/m0/s1. The molecule has 0 saturated carbocycles. The normalized spacial score (nSPS) is 25.9. The molecule has 0 aromatic heterocycles. The predicted molar refractivity (Wildman–Crippen MR) is 61.6 cm³/mol. The number of nitrogens with zero attached hydrogens (tertiary/aromatic N) is 2. The Morgan fingerprint density at radius 3 is 2.44 bits per heavy atom. The number of hydrogen-bond acceptors (Lipinski definition) is 3. The summed E-state index contributed by atoms with van der Waals surface area (Å²) in [7, 11) is 0.162. The smallest absolute Gasteiger partial charge is 0.319 e. The first-order valence-electron chi connectivity index (χ1n) is 5.17. The molecule has 1 aliphatic rings. The maximum absolute atomic E-state index is 11.7. The van der Waals surface area contributed by atoms with Crippen molar-refractivity contribution in [2.45, 2.75) is 25.4 Å². The van der Waals surface area contributed by atoms with Gasteiger partial charge in [-0.15, -0.1) is 0 Å². The highest BCUT2D eigenvalue weighted by atomic mass is 32.2. The molecule has 0 aliphatic carbocycles. The van der Waals surface area contributed by atoms with Crippen molar-refractivity contribution in [3.8, 4) is 0 Å². The highest BCUT2D eigenvalue weighted by Crippen LogP contribution is 2.19. The van der Waals surface area contributed by atoms with E-state index in [1.54, 1.807) is 19.0 Å².